The molecule has 8 heteroatoms. The van der Waals surface area contributed by atoms with E-state index in [4.69, 9.17) is 0 Å². The third-order valence-corrected chi connectivity index (χ3v) is 5.78. The number of nitrogens with one attached hydrogen (secondary N) is 2. The van der Waals surface area contributed by atoms with Crippen LogP contribution < -0.4 is 10.6 Å². The number of hydrogen-bond acceptors (Lipinski definition) is 5. The van der Waals surface area contributed by atoms with Gasteiger partial charge in [0, 0.05) is 31.9 Å². The third-order valence-electron chi connectivity index (χ3n) is 4.91. The fraction of sp³-hybridized carbons (Fsp3) is 0.381. The molecule has 0 saturated carbocycles. The highest BCUT2D eigenvalue weighted by molar-refractivity contribution is 7.12. The van der Waals surface area contributed by atoms with Gasteiger partial charge in [0.25, 0.3) is 5.91 Å². The highest BCUT2D eigenvalue weighted by Crippen LogP contribution is 2.15. The van der Waals surface area contributed by atoms with Crippen molar-refractivity contribution in [2.24, 2.45) is 0 Å². The van der Waals surface area contributed by atoms with Crippen molar-refractivity contribution in [3.05, 3.63) is 52.2 Å². The number of thiophene rings is 1. The Morgan fingerprint density at radius 1 is 1.03 bits per heavy atom. The summed E-state index contributed by atoms with van der Waals surface area (Å²) >= 11 is 1.35. The van der Waals surface area contributed by atoms with Crippen LogP contribution in [0.15, 0.2) is 41.8 Å². The van der Waals surface area contributed by atoms with E-state index in [1.165, 1.54) is 11.3 Å². The minimum absolute atomic E-state index is 0.00891. The van der Waals surface area contributed by atoms with Crippen molar-refractivity contribution in [3.8, 4) is 0 Å². The van der Waals surface area contributed by atoms with E-state index >= 15 is 0 Å². The van der Waals surface area contributed by atoms with Crippen molar-refractivity contribution >= 4 is 34.7 Å². The van der Waals surface area contributed by atoms with Gasteiger partial charge in [-0.25, -0.2) is 0 Å². The fourth-order valence-corrected chi connectivity index (χ4v) is 3.90. The summed E-state index contributed by atoms with van der Waals surface area (Å²) in [6, 6.07) is 11.3. The first-order chi connectivity index (χ1) is 14.1. The number of piperazine rings is 1. The maximum atomic E-state index is 12.4. The average Bonchev–Trinajstić information content (AvgIpc) is 3.27. The molecule has 1 aliphatic heterocycles. The van der Waals surface area contributed by atoms with Gasteiger partial charge in [0.15, 0.2) is 0 Å². The molecule has 154 valence electrons. The zero-order chi connectivity index (χ0) is 20.6. The van der Waals surface area contributed by atoms with E-state index in [1.54, 1.807) is 17.0 Å². The van der Waals surface area contributed by atoms with E-state index < -0.39 is 0 Å². The van der Waals surface area contributed by atoms with E-state index in [-0.39, 0.29) is 24.3 Å². The Morgan fingerprint density at radius 2 is 1.79 bits per heavy atom. The molecule has 0 aliphatic carbocycles. The lowest BCUT2D eigenvalue weighted by Gasteiger charge is -2.34. The van der Waals surface area contributed by atoms with Crippen LogP contribution in [0, 0.1) is 0 Å². The first-order valence-electron chi connectivity index (χ1n) is 9.76. The van der Waals surface area contributed by atoms with Crippen LogP contribution in [-0.2, 0) is 16.0 Å². The van der Waals surface area contributed by atoms with Crippen LogP contribution in [0.1, 0.15) is 22.2 Å². The van der Waals surface area contributed by atoms with Crippen LogP contribution in [0.2, 0.25) is 0 Å². The second kappa shape index (κ2) is 10.2. The molecule has 1 aromatic heterocycles. The lowest BCUT2D eigenvalue weighted by molar-refractivity contribution is -0.132. The van der Waals surface area contributed by atoms with Crippen LogP contribution >= 0.6 is 11.3 Å². The molecule has 1 fully saturated rings. The third kappa shape index (κ3) is 5.88. The van der Waals surface area contributed by atoms with Crippen molar-refractivity contribution in [3.63, 3.8) is 0 Å². The van der Waals surface area contributed by atoms with E-state index in [9.17, 15) is 14.4 Å². The molecular weight excluding hydrogens is 388 g/mol. The zero-order valence-electron chi connectivity index (χ0n) is 16.5. The van der Waals surface area contributed by atoms with Gasteiger partial charge in [-0.1, -0.05) is 31.2 Å². The summed E-state index contributed by atoms with van der Waals surface area (Å²) < 4.78 is 0. The molecule has 29 heavy (non-hydrogen) atoms. The fourth-order valence-electron chi connectivity index (χ4n) is 3.26. The van der Waals surface area contributed by atoms with Crippen LogP contribution in [0.3, 0.4) is 0 Å². The lowest BCUT2D eigenvalue weighted by atomic mass is 10.1. The maximum absolute atomic E-state index is 12.4. The van der Waals surface area contributed by atoms with Gasteiger partial charge in [0.05, 0.1) is 18.0 Å². The molecule has 2 heterocycles. The molecule has 3 amide bonds. The number of benzene rings is 1. The van der Waals surface area contributed by atoms with Gasteiger partial charge in [-0.15, -0.1) is 11.3 Å². The first kappa shape index (κ1) is 21.0. The number of hydrogen-bond donors (Lipinski definition) is 2. The largest absolute Gasteiger partial charge is 0.342 e. The number of anilines is 1. The van der Waals surface area contributed by atoms with Gasteiger partial charge in [0.2, 0.25) is 11.8 Å². The van der Waals surface area contributed by atoms with Gasteiger partial charge >= 0.3 is 0 Å². The summed E-state index contributed by atoms with van der Waals surface area (Å²) in [7, 11) is 0. The molecule has 7 nitrogen and oxygen atoms in total. The Hall–Kier alpha value is -2.71. The monoisotopic (exact) mass is 414 g/mol. The summed E-state index contributed by atoms with van der Waals surface area (Å²) in [5, 5.41) is 7.47. The van der Waals surface area contributed by atoms with Crippen LogP contribution in [0.4, 0.5) is 5.69 Å². The summed E-state index contributed by atoms with van der Waals surface area (Å²) in [6.07, 6.45) is 0.861. The summed E-state index contributed by atoms with van der Waals surface area (Å²) in [6.45, 7) is 4.71. The second-order valence-electron chi connectivity index (χ2n) is 6.88. The Morgan fingerprint density at radius 3 is 2.48 bits per heavy atom. The zero-order valence-corrected chi connectivity index (χ0v) is 17.3. The molecule has 0 unspecified atom stereocenters. The molecule has 0 radical (unpaired) electrons. The van der Waals surface area contributed by atoms with Crippen molar-refractivity contribution < 1.29 is 14.4 Å². The number of nitrogens with zero attached hydrogens (tertiary/aromatic N) is 2. The molecule has 0 bridgehead atoms. The SMILES string of the molecule is CCc1ccccc1NC(=O)CN1CCN(C(=O)CNC(=O)c2cccs2)CC1. The molecule has 1 saturated heterocycles. The molecule has 0 atom stereocenters. The molecule has 3 rings (SSSR count). The standard InChI is InChI=1S/C21H26N4O3S/c1-2-16-6-3-4-7-17(16)23-19(26)15-24-9-11-25(12-10-24)20(27)14-22-21(28)18-8-5-13-29-18/h3-8,13H,2,9-12,14-15H2,1H3,(H,22,28)(H,23,26). The Kier molecular flexibility index (Phi) is 7.37. The Balaban J connectivity index is 1.40. The van der Waals surface area contributed by atoms with Crippen molar-refractivity contribution in [1.29, 1.82) is 0 Å². The Labute approximate surface area is 174 Å². The molecule has 1 aromatic carbocycles. The van der Waals surface area contributed by atoms with Crippen LogP contribution in [0.25, 0.3) is 0 Å². The summed E-state index contributed by atoms with van der Waals surface area (Å²) in [4.78, 5) is 41.0. The van der Waals surface area contributed by atoms with E-state index in [2.05, 4.69) is 17.6 Å². The van der Waals surface area contributed by atoms with Crippen molar-refractivity contribution in [2.45, 2.75) is 13.3 Å². The average molecular weight is 415 g/mol. The summed E-state index contributed by atoms with van der Waals surface area (Å²) in [5.74, 6) is -0.374. The number of amides is 3. The van der Waals surface area contributed by atoms with Crippen molar-refractivity contribution in [2.75, 3.05) is 44.6 Å². The molecule has 1 aliphatic rings. The predicted octanol–water partition coefficient (Wildman–Crippen LogP) is 1.82. The highest BCUT2D eigenvalue weighted by atomic mass is 32.1. The number of carbonyl (C=O) groups is 3. The summed E-state index contributed by atoms with van der Waals surface area (Å²) in [5.41, 5.74) is 1.97. The molecule has 2 aromatic rings. The van der Waals surface area contributed by atoms with Crippen molar-refractivity contribution in [1.82, 2.24) is 15.1 Å². The maximum Gasteiger partial charge on any atom is 0.261 e. The van der Waals surface area contributed by atoms with Crippen LogP contribution in [0.5, 0.6) is 0 Å². The van der Waals surface area contributed by atoms with Gasteiger partial charge in [-0.3, -0.25) is 19.3 Å². The number of aryl methyl sites for hydroxylation is 1. The van der Waals surface area contributed by atoms with E-state index in [0.29, 0.717) is 37.6 Å². The number of carbonyl (C=O) groups excluding carboxylic acids is 3. The minimum atomic E-state index is -0.226. The number of para-hydroxylation sites is 1. The highest BCUT2D eigenvalue weighted by Gasteiger charge is 2.23. The molecule has 0 spiro atoms. The molecule has 2 N–H and O–H groups in total. The van der Waals surface area contributed by atoms with Gasteiger partial charge in [-0.05, 0) is 29.5 Å². The topological polar surface area (TPSA) is 81.8 Å². The second-order valence-corrected chi connectivity index (χ2v) is 7.82. The quantitative estimate of drug-likeness (QED) is 0.724. The predicted molar refractivity (Wildman–Crippen MR) is 114 cm³/mol. The van der Waals surface area contributed by atoms with Gasteiger partial charge < -0.3 is 15.5 Å². The normalized spacial score (nSPS) is 14.4. The first-order valence-corrected chi connectivity index (χ1v) is 10.6. The lowest BCUT2D eigenvalue weighted by Crippen LogP contribution is -2.52. The Bertz CT molecular complexity index is 845. The smallest absolute Gasteiger partial charge is 0.261 e. The molecular formula is C21H26N4O3S. The van der Waals surface area contributed by atoms with Gasteiger partial charge in [-0.2, -0.15) is 0 Å². The number of rotatable bonds is 7. The minimum Gasteiger partial charge on any atom is -0.342 e. The van der Waals surface area contributed by atoms with Gasteiger partial charge in [0.1, 0.15) is 0 Å². The van der Waals surface area contributed by atoms with E-state index in [0.717, 1.165) is 17.7 Å². The van der Waals surface area contributed by atoms with Crippen LogP contribution in [-0.4, -0.2) is 66.8 Å². The van der Waals surface area contributed by atoms with E-state index in [1.807, 2.05) is 34.5 Å².